The summed E-state index contributed by atoms with van der Waals surface area (Å²) in [6.45, 7) is 8.96. The van der Waals surface area contributed by atoms with Crippen LogP contribution in [0.1, 0.15) is 48.6 Å². The van der Waals surface area contributed by atoms with Crippen LogP contribution in [0.3, 0.4) is 0 Å². The Labute approximate surface area is 138 Å². The molecule has 1 heterocycles. The highest BCUT2D eigenvalue weighted by Crippen LogP contribution is 2.18. The van der Waals surface area contributed by atoms with Crippen LogP contribution in [0.15, 0.2) is 10.5 Å². The van der Waals surface area contributed by atoms with Gasteiger partial charge in [-0.2, -0.15) is 0 Å². The zero-order chi connectivity index (χ0) is 17.4. The van der Waals surface area contributed by atoms with E-state index in [4.69, 9.17) is 9.15 Å². The zero-order valence-electron chi connectivity index (χ0n) is 14.8. The SMILES string of the molecule is CCC(C)N(CCC(=O)NCCOC)C(=O)c1cc(C)oc1C. The molecule has 23 heavy (non-hydrogen) atoms. The van der Waals surface area contributed by atoms with E-state index in [1.165, 1.54) is 0 Å². The smallest absolute Gasteiger partial charge is 0.257 e. The first-order chi connectivity index (χ1) is 10.9. The first-order valence-electron chi connectivity index (χ1n) is 8.04. The number of nitrogens with one attached hydrogen (secondary N) is 1. The topological polar surface area (TPSA) is 71.8 Å². The summed E-state index contributed by atoms with van der Waals surface area (Å²) in [4.78, 5) is 26.3. The van der Waals surface area contributed by atoms with Crippen LogP contribution in [-0.2, 0) is 9.53 Å². The number of ether oxygens (including phenoxy) is 1. The van der Waals surface area contributed by atoms with Gasteiger partial charge in [-0.15, -0.1) is 0 Å². The number of carbonyl (C=O) groups is 2. The number of aryl methyl sites for hydroxylation is 2. The van der Waals surface area contributed by atoms with Crippen molar-refractivity contribution in [1.82, 2.24) is 10.2 Å². The van der Waals surface area contributed by atoms with Crippen LogP contribution in [0.4, 0.5) is 0 Å². The second-order valence-corrected chi connectivity index (χ2v) is 5.68. The third kappa shape index (κ3) is 5.71. The predicted molar refractivity (Wildman–Crippen MR) is 88.5 cm³/mol. The predicted octanol–water partition coefficient (Wildman–Crippen LogP) is 2.29. The Bertz CT molecular complexity index is 525. The van der Waals surface area contributed by atoms with Crippen LogP contribution in [-0.4, -0.2) is 49.6 Å². The van der Waals surface area contributed by atoms with Crippen molar-refractivity contribution < 1.29 is 18.7 Å². The van der Waals surface area contributed by atoms with Crippen molar-refractivity contribution in [3.63, 3.8) is 0 Å². The van der Waals surface area contributed by atoms with Gasteiger partial charge in [-0.05, 0) is 33.3 Å². The number of methoxy groups -OCH3 is 1. The minimum atomic E-state index is -0.0848. The maximum atomic E-state index is 12.8. The minimum absolute atomic E-state index is 0.0591. The Hall–Kier alpha value is -1.82. The fraction of sp³-hybridized carbons (Fsp3) is 0.647. The lowest BCUT2D eigenvalue weighted by Crippen LogP contribution is -2.41. The molecular formula is C17H28N2O4. The van der Waals surface area contributed by atoms with Crippen LogP contribution in [0.5, 0.6) is 0 Å². The number of furan rings is 1. The Balaban J connectivity index is 2.71. The van der Waals surface area contributed by atoms with Crippen LogP contribution in [0.25, 0.3) is 0 Å². The van der Waals surface area contributed by atoms with E-state index in [9.17, 15) is 9.59 Å². The van der Waals surface area contributed by atoms with Gasteiger partial charge in [0.25, 0.3) is 5.91 Å². The van der Waals surface area contributed by atoms with Crippen molar-refractivity contribution in [1.29, 1.82) is 0 Å². The number of nitrogens with zero attached hydrogens (tertiary/aromatic N) is 1. The minimum Gasteiger partial charge on any atom is -0.466 e. The van der Waals surface area contributed by atoms with Gasteiger partial charge in [0.05, 0.1) is 12.2 Å². The van der Waals surface area contributed by atoms with Crippen molar-refractivity contribution in [2.75, 3.05) is 26.8 Å². The van der Waals surface area contributed by atoms with Gasteiger partial charge in [-0.25, -0.2) is 0 Å². The summed E-state index contributed by atoms with van der Waals surface area (Å²) in [6.07, 6.45) is 1.10. The fourth-order valence-corrected chi connectivity index (χ4v) is 2.34. The summed E-state index contributed by atoms with van der Waals surface area (Å²) in [5.41, 5.74) is 0.572. The standard InChI is InChI=1S/C17H28N2O4/c1-6-12(2)19(9-7-16(20)18-8-10-22-5)17(21)15-11-13(3)23-14(15)4/h11-12H,6-10H2,1-5H3,(H,18,20). The maximum absolute atomic E-state index is 12.8. The van der Waals surface area contributed by atoms with Gasteiger partial charge in [0.1, 0.15) is 11.5 Å². The van der Waals surface area contributed by atoms with Crippen molar-refractivity contribution in [2.24, 2.45) is 0 Å². The molecule has 0 saturated carbocycles. The van der Waals surface area contributed by atoms with Crippen LogP contribution in [0, 0.1) is 13.8 Å². The summed E-state index contributed by atoms with van der Waals surface area (Å²) in [6, 6.07) is 1.81. The van der Waals surface area contributed by atoms with Gasteiger partial charge in [0.15, 0.2) is 0 Å². The molecule has 0 aliphatic rings. The molecular weight excluding hydrogens is 296 g/mol. The van der Waals surface area contributed by atoms with Crippen molar-refractivity contribution in [2.45, 2.75) is 46.6 Å². The van der Waals surface area contributed by atoms with E-state index in [-0.39, 0.29) is 24.3 Å². The Morgan fingerprint density at radius 1 is 1.39 bits per heavy atom. The Morgan fingerprint density at radius 3 is 2.61 bits per heavy atom. The molecule has 0 fully saturated rings. The molecule has 6 heteroatoms. The van der Waals surface area contributed by atoms with Gasteiger partial charge in [-0.1, -0.05) is 6.92 Å². The van der Waals surface area contributed by atoms with Crippen molar-refractivity contribution >= 4 is 11.8 Å². The highest BCUT2D eigenvalue weighted by molar-refractivity contribution is 5.95. The molecule has 1 aromatic heterocycles. The number of rotatable bonds is 9. The summed E-state index contributed by atoms with van der Waals surface area (Å²) in [5.74, 6) is 1.17. The Morgan fingerprint density at radius 2 is 2.09 bits per heavy atom. The zero-order valence-corrected chi connectivity index (χ0v) is 14.8. The summed E-state index contributed by atoms with van der Waals surface area (Å²) >= 11 is 0. The average molecular weight is 324 g/mol. The third-order valence-corrected chi connectivity index (χ3v) is 3.86. The molecule has 0 aliphatic heterocycles. The summed E-state index contributed by atoms with van der Waals surface area (Å²) < 4.78 is 10.3. The highest BCUT2D eigenvalue weighted by atomic mass is 16.5. The van der Waals surface area contributed by atoms with Crippen LogP contribution < -0.4 is 5.32 Å². The van der Waals surface area contributed by atoms with Crippen LogP contribution in [0.2, 0.25) is 0 Å². The van der Waals surface area contributed by atoms with E-state index >= 15 is 0 Å². The van der Waals surface area contributed by atoms with E-state index in [0.717, 1.165) is 6.42 Å². The first kappa shape index (κ1) is 19.2. The number of hydrogen-bond donors (Lipinski definition) is 1. The fourth-order valence-electron chi connectivity index (χ4n) is 2.34. The summed E-state index contributed by atoms with van der Waals surface area (Å²) in [5, 5.41) is 2.77. The van der Waals surface area contributed by atoms with E-state index in [2.05, 4.69) is 5.32 Å². The number of hydrogen-bond acceptors (Lipinski definition) is 4. The molecule has 0 radical (unpaired) electrons. The molecule has 0 spiro atoms. The first-order valence-corrected chi connectivity index (χ1v) is 8.04. The van der Waals surface area contributed by atoms with E-state index in [1.807, 2.05) is 20.8 Å². The number of carbonyl (C=O) groups excluding carboxylic acids is 2. The largest absolute Gasteiger partial charge is 0.466 e. The lowest BCUT2D eigenvalue weighted by molar-refractivity contribution is -0.121. The summed E-state index contributed by atoms with van der Waals surface area (Å²) in [7, 11) is 1.59. The molecule has 1 atom stereocenters. The molecule has 1 N–H and O–H groups in total. The maximum Gasteiger partial charge on any atom is 0.257 e. The molecule has 0 saturated heterocycles. The molecule has 1 unspecified atom stereocenters. The van der Waals surface area contributed by atoms with E-state index < -0.39 is 0 Å². The van der Waals surface area contributed by atoms with Crippen LogP contribution >= 0.6 is 0 Å². The Kier molecular flexibility index (Phi) is 7.81. The van der Waals surface area contributed by atoms with E-state index in [1.54, 1.807) is 25.0 Å². The second-order valence-electron chi connectivity index (χ2n) is 5.68. The van der Waals surface area contributed by atoms with E-state index in [0.29, 0.717) is 36.8 Å². The highest BCUT2D eigenvalue weighted by Gasteiger charge is 2.24. The lowest BCUT2D eigenvalue weighted by Gasteiger charge is -2.28. The number of amides is 2. The quantitative estimate of drug-likeness (QED) is 0.708. The van der Waals surface area contributed by atoms with Crippen molar-refractivity contribution in [3.8, 4) is 0 Å². The molecule has 2 amide bonds. The lowest BCUT2D eigenvalue weighted by atomic mass is 10.1. The van der Waals surface area contributed by atoms with Gasteiger partial charge < -0.3 is 19.4 Å². The second kappa shape index (κ2) is 9.35. The average Bonchev–Trinajstić information content (AvgIpc) is 2.85. The molecule has 0 aromatic carbocycles. The molecule has 130 valence electrons. The normalized spacial score (nSPS) is 12.0. The molecule has 1 aromatic rings. The molecule has 1 rings (SSSR count). The van der Waals surface area contributed by atoms with Crippen molar-refractivity contribution in [3.05, 3.63) is 23.2 Å². The molecule has 6 nitrogen and oxygen atoms in total. The third-order valence-electron chi connectivity index (χ3n) is 3.86. The molecule has 0 bridgehead atoms. The van der Waals surface area contributed by atoms with Gasteiger partial charge in [0, 0.05) is 32.7 Å². The van der Waals surface area contributed by atoms with Gasteiger partial charge >= 0.3 is 0 Å². The van der Waals surface area contributed by atoms with Gasteiger partial charge in [-0.3, -0.25) is 9.59 Å². The van der Waals surface area contributed by atoms with Gasteiger partial charge in [0.2, 0.25) is 5.91 Å². The molecule has 0 aliphatic carbocycles. The monoisotopic (exact) mass is 324 g/mol.